The molecule has 0 aliphatic rings. The lowest BCUT2D eigenvalue weighted by atomic mass is 10.2. The van der Waals surface area contributed by atoms with Gasteiger partial charge in [0.05, 0.1) is 19.6 Å². The maximum atomic E-state index is 13.3. The van der Waals surface area contributed by atoms with Crippen molar-refractivity contribution >= 4 is 53.2 Å². The van der Waals surface area contributed by atoms with Gasteiger partial charge in [0.15, 0.2) is 0 Å². The van der Waals surface area contributed by atoms with Gasteiger partial charge >= 0.3 is 35.0 Å². The number of thioether (sulfide) groups is 3. The Morgan fingerprint density at radius 3 is 0.961 bits per heavy atom. The molecule has 0 fully saturated rings. The van der Waals surface area contributed by atoms with Gasteiger partial charge < -0.3 is 14.2 Å². The van der Waals surface area contributed by atoms with Crippen LogP contribution in [0.1, 0.15) is 99.3 Å². The van der Waals surface area contributed by atoms with Crippen molar-refractivity contribution < 1.29 is 28.6 Å². The Bertz CT molecular complexity index is 1140. The fourth-order valence-corrected chi connectivity index (χ4v) is 7.74. The topological polar surface area (TPSA) is 145 Å². The van der Waals surface area contributed by atoms with Crippen molar-refractivity contribution in [3.63, 3.8) is 0 Å². The van der Waals surface area contributed by atoms with Crippen molar-refractivity contribution in [3.05, 3.63) is 31.5 Å². The number of ether oxygens (including phenoxy) is 3. The van der Waals surface area contributed by atoms with Gasteiger partial charge in [0.25, 0.3) is 0 Å². The summed E-state index contributed by atoms with van der Waals surface area (Å²) in [7, 11) is 0. The number of rotatable bonds is 30. The fourth-order valence-electron chi connectivity index (χ4n) is 4.60. The molecule has 0 aliphatic heterocycles. The van der Waals surface area contributed by atoms with Crippen LogP contribution in [0.4, 0.5) is 0 Å². The van der Waals surface area contributed by atoms with Crippen molar-refractivity contribution in [2.24, 2.45) is 17.8 Å². The Morgan fingerprint density at radius 1 is 0.471 bits per heavy atom. The molecule has 15 heteroatoms. The summed E-state index contributed by atoms with van der Waals surface area (Å²) in [6.07, 6.45) is 5.34. The summed E-state index contributed by atoms with van der Waals surface area (Å²) in [5.74, 6) is 6.65. The molecule has 1 aromatic rings. The SMILES string of the molecule is CC(C)CSCCCCC(=O)OCCn1c(=O)n(CCOC(=O)CCCCSCC(C)C)c(=O)n(CCOC(=O)CCCCSCC(C)C)c1=O. The van der Waals surface area contributed by atoms with Crippen LogP contribution < -0.4 is 17.1 Å². The van der Waals surface area contributed by atoms with Crippen LogP contribution in [-0.4, -0.2) is 85.9 Å². The highest BCUT2D eigenvalue weighted by atomic mass is 32.2. The molecule has 294 valence electrons. The molecular weight excluding hydrogens is 715 g/mol. The highest BCUT2D eigenvalue weighted by Gasteiger charge is 2.17. The molecule has 0 spiro atoms. The third-order valence-corrected chi connectivity index (χ3v) is 11.7. The van der Waals surface area contributed by atoms with Crippen LogP contribution in [0.15, 0.2) is 14.4 Å². The summed E-state index contributed by atoms with van der Waals surface area (Å²) in [5.41, 5.74) is -2.69. The van der Waals surface area contributed by atoms with Gasteiger partial charge in [-0.1, -0.05) is 41.5 Å². The molecule has 1 heterocycles. The van der Waals surface area contributed by atoms with Gasteiger partial charge in [0.1, 0.15) is 19.8 Å². The van der Waals surface area contributed by atoms with E-state index in [-0.39, 0.29) is 58.7 Å². The summed E-state index contributed by atoms with van der Waals surface area (Å²) < 4.78 is 18.4. The second-order valence-corrected chi connectivity index (χ2v) is 17.2. The average Bonchev–Trinajstić information content (AvgIpc) is 3.06. The molecular formula is C36H63N3O9S3. The zero-order valence-electron chi connectivity index (χ0n) is 31.8. The van der Waals surface area contributed by atoms with Crippen molar-refractivity contribution in [1.29, 1.82) is 0 Å². The summed E-state index contributed by atoms with van der Waals surface area (Å²) in [6.45, 7) is 11.5. The summed E-state index contributed by atoms with van der Waals surface area (Å²) in [5, 5.41) is 0. The van der Waals surface area contributed by atoms with E-state index in [0.717, 1.165) is 67.5 Å². The molecule has 1 aromatic heterocycles. The van der Waals surface area contributed by atoms with E-state index < -0.39 is 35.0 Å². The van der Waals surface area contributed by atoms with E-state index in [1.165, 1.54) is 0 Å². The predicted octanol–water partition coefficient (Wildman–Crippen LogP) is 5.48. The lowest BCUT2D eigenvalue weighted by Gasteiger charge is -2.14. The van der Waals surface area contributed by atoms with E-state index in [1.54, 1.807) is 0 Å². The van der Waals surface area contributed by atoms with Gasteiger partial charge in [-0.2, -0.15) is 35.3 Å². The molecule has 0 saturated heterocycles. The minimum absolute atomic E-state index is 0.227. The highest BCUT2D eigenvalue weighted by molar-refractivity contribution is 7.99. The number of esters is 3. The first-order valence-electron chi connectivity index (χ1n) is 18.5. The first kappa shape index (κ1) is 46.9. The molecule has 0 unspecified atom stereocenters. The maximum Gasteiger partial charge on any atom is 0.336 e. The van der Waals surface area contributed by atoms with Crippen LogP contribution in [0.5, 0.6) is 0 Å². The molecule has 0 aromatic carbocycles. The van der Waals surface area contributed by atoms with E-state index in [2.05, 4.69) is 41.5 Å². The number of unbranched alkanes of at least 4 members (excludes halogenated alkanes) is 3. The number of hydrogen-bond donors (Lipinski definition) is 0. The standard InChI is InChI=1S/C36H63N3O9S3/c1-28(2)25-49-22-10-7-13-31(40)46-19-16-37-34(43)38(17-20-47-32(41)14-8-11-23-50-26-29(3)4)36(45)39(35(37)44)18-21-48-33(42)15-9-12-24-51-27-30(5)6/h28-30H,7-27H2,1-6H3. The van der Waals surface area contributed by atoms with Gasteiger partial charge in [0, 0.05) is 19.3 Å². The fraction of sp³-hybridized carbons (Fsp3) is 0.833. The van der Waals surface area contributed by atoms with E-state index in [9.17, 15) is 28.8 Å². The average molecular weight is 778 g/mol. The largest absolute Gasteiger partial charge is 0.464 e. The van der Waals surface area contributed by atoms with Crippen LogP contribution in [-0.2, 0) is 48.2 Å². The second kappa shape index (κ2) is 28.4. The molecule has 51 heavy (non-hydrogen) atoms. The Hall–Kier alpha value is -2.13. The first-order valence-corrected chi connectivity index (χ1v) is 21.9. The smallest absolute Gasteiger partial charge is 0.336 e. The summed E-state index contributed by atoms with van der Waals surface area (Å²) in [6, 6.07) is 0. The number of aromatic nitrogens is 3. The maximum absolute atomic E-state index is 13.3. The van der Waals surface area contributed by atoms with E-state index in [1.807, 2.05) is 35.3 Å². The normalized spacial score (nSPS) is 11.5. The Labute approximate surface area is 316 Å². The molecule has 0 N–H and O–H groups in total. The lowest BCUT2D eigenvalue weighted by Crippen LogP contribution is -2.55. The summed E-state index contributed by atoms with van der Waals surface area (Å²) in [4.78, 5) is 76.8. The zero-order valence-corrected chi connectivity index (χ0v) is 34.3. The highest BCUT2D eigenvalue weighted by Crippen LogP contribution is 2.13. The molecule has 0 bridgehead atoms. The second-order valence-electron chi connectivity index (χ2n) is 13.7. The Balaban J connectivity index is 2.83. The van der Waals surface area contributed by atoms with E-state index in [4.69, 9.17) is 14.2 Å². The van der Waals surface area contributed by atoms with Crippen molar-refractivity contribution in [1.82, 2.24) is 13.7 Å². The monoisotopic (exact) mass is 777 g/mol. The van der Waals surface area contributed by atoms with Crippen LogP contribution in [0.25, 0.3) is 0 Å². The lowest BCUT2D eigenvalue weighted by molar-refractivity contribution is -0.144. The van der Waals surface area contributed by atoms with Crippen LogP contribution >= 0.6 is 35.3 Å². The molecule has 0 aliphatic carbocycles. The first-order chi connectivity index (χ1) is 24.3. The third kappa shape index (κ3) is 22.5. The number of carbonyl (C=O) groups is 3. The molecule has 0 atom stereocenters. The predicted molar refractivity (Wildman–Crippen MR) is 210 cm³/mol. The van der Waals surface area contributed by atoms with Crippen LogP contribution in [0.3, 0.4) is 0 Å². The van der Waals surface area contributed by atoms with Gasteiger partial charge in [0.2, 0.25) is 0 Å². The van der Waals surface area contributed by atoms with Gasteiger partial charge in [-0.3, -0.25) is 14.4 Å². The van der Waals surface area contributed by atoms with Crippen LogP contribution in [0.2, 0.25) is 0 Å². The van der Waals surface area contributed by atoms with Crippen molar-refractivity contribution in [3.8, 4) is 0 Å². The van der Waals surface area contributed by atoms with Crippen LogP contribution in [0, 0.1) is 17.8 Å². The Morgan fingerprint density at radius 2 is 0.725 bits per heavy atom. The molecule has 0 saturated carbocycles. The number of nitrogens with zero attached hydrogens (tertiary/aromatic N) is 3. The third-order valence-electron chi connectivity index (χ3n) is 7.23. The van der Waals surface area contributed by atoms with Gasteiger partial charge in [-0.25, -0.2) is 28.1 Å². The molecule has 0 amide bonds. The number of hydrogen-bond acceptors (Lipinski definition) is 12. The molecule has 0 radical (unpaired) electrons. The van der Waals surface area contributed by atoms with Gasteiger partial charge in [-0.15, -0.1) is 0 Å². The summed E-state index contributed by atoms with van der Waals surface area (Å²) >= 11 is 5.55. The molecule has 1 rings (SSSR count). The minimum Gasteiger partial charge on any atom is -0.464 e. The molecule has 12 nitrogen and oxygen atoms in total. The Kier molecular flexibility index (Phi) is 26.1. The van der Waals surface area contributed by atoms with Crippen molar-refractivity contribution in [2.75, 3.05) is 54.3 Å². The van der Waals surface area contributed by atoms with Gasteiger partial charge in [-0.05, 0) is 90.8 Å². The zero-order chi connectivity index (χ0) is 38.0. The van der Waals surface area contributed by atoms with E-state index >= 15 is 0 Å². The minimum atomic E-state index is -0.898. The van der Waals surface area contributed by atoms with E-state index in [0.29, 0.717) is 37.0 Å². The van der Waals surface area contributed by atoms with Crippen molar-refractivity contribution in [2.45, 2.75) is 119 Å². The number of carbonyl (C=O) groups excluding carboxylic acids is 3. The quantitative estimate of drug-likeness (QED) is 0.0554.